The van der Waals surface area contributed by atoms with Crippen molar-refractivity contribution in [2.75, 3.05) is 6.54 Å². The highest BCUT2D eigenvalue weighted by Gasteiger charge is 2.27. The summed E-state index contributed by atoms with van der Waals surface area (Å²) < 4.78 is 0. The molecular weight excluding hydrogens is 256 g/mol. The normalized spacial score (nSPS) is 19.9. The van der Waals surface area contributed by atoms with Crippen LogP contribution in [0.1, 0.15) is 42.3 Å². The summed E-state index contributed by atoms with van der Waals surface area (Å²) in [5.41, 5.74) is 1.12. The zero-order valence-corrected chi connectivity index (χ0v) is 11.9. The number of nitrogens with zero attached hydrogens (tertiary/aromatic N) is 4. The molecular formula is C14H18N4S. The van der Waals surface area contributed by atoms with E-state index in [0.29, 0.717) is 6.04 Å². The molecule has 1 fully saturated rings. The van der Waals surface area contributed by atoms with Gasteiger partial charge in [-0.05, 0) is 25.5 Å². The number of aromatic nitrogens is 3. The van der Waals surface area contributed by atoms with Crippen LogP contribution in [-0.2, 0) is 13.0 Å². The molecule has 3 heterocycles. The summed E-state index contributed by atoms with van der Waals surface area (Å²) in [5, 5.41) is 3.30. The summed E-state index contributed by atoms with van der Waals surface area (Å²) in [6.07, 6.45) is 7.12. The van der Waals surface area contributed by atoms with Gasteiger partial charge in [0.2, 0.25) is 0 Å². The largest absolute Gasteiger partial charge is 0.288 e. The molecule has 2 aromatic heterocycles. The average Bonchev–Trinajstić information content (AvgIpc) is 3.09. The molecule has 3 rings (SSSR count). The SMILES string of the molecule is CCc1nccc(CN2CCC[C@H]2c2nccs2)n1. The second-order valence-corrected chi connectivity index (χ2v) is 5.74. The fraction of sp³-hybridized carbons (Fsp3) is 0.500. The molecule has 1 aliphatic rings. The van der Waals surface area contributed by atoms with Crippen LogP contribution < -0.4 is 0 Å². The first-order valence-corrected chi connectivity index (χ1v) is 7.69. The van der Waals surface area contributed by atoms with Crippen molar-refractivity contribution in [2.45, 2.75) is 38.8 Å². The van der Waals surface area contributed by atoms with Gasteiger partial charge in [0.25, 0.3) is 0 Å². The summed E-state index contributed by atoms with van der Waals surface area (Å²) >= 11 is 1.76. The van der Waals surface area contributed by atoms with Crippen LogP contribution >= 0.6 is 11.3 Å². The molecule has 0 saturated carbocycles. The van der Waals surface area contributed by atoms with Gasteiger partial charge >= 0.3 is 0 Å². The van der Waals surface area contributed by atoms with E-state index in [1.54, 1.807) is 11.3 Å². The van der Waals surface area contributed by atoms with Gasteiger partial charge in [-0.1, -0.05) is 6.92 Å². The molecule has 0 radical (unpaired) electrons. The Morgan fingerprint density at radius 2 is 2.32 bits per heavy atom. The van der Waals surface area contributed by atoms with Crippen LogP contribution in [0.25, 0.3) is 0 Å². The summed E-state index contributed by atoms with van der Waals surface area (Å²) in [4.78, 5) is 15.8. The maximum absolute atomic E-state index is 4.60. The van der Waals surface area contributed by atoms with Crippen molar-refractivity contribution in [1.82, 2.24) is 19.9 Å². The highest BCUT2D eigenvalue weighted by atomic mass is 32.1. The topological polar surface area (TPSA) is 41.9 Å². The minimum absolute atomic E-state index is 0.472. The Morgan fingerprint density at radius 3 is 3.11 bits per heavy atom. The molecule has 2 aromatic rings. The predicted octanol–water partition coefficient (Wildman–Crippen LogP) is 2.83. The second-order valence-electron chi connectivity index (χ2n) is 4.82. The molecule has 0 aromatic carbocycles. The zero-order valence-electron chi connectivity index (χ0n) is 11.1. The standard InChI is InChI=1S/C14H18N4S/c1-2-13-15-6-5-11(17-13)10-18-8-3-4-12(18)14-16-7-9-19-14/h5-7,9,12H,2-4,8,10H2,1H3/t12-/m0/s1. The van der Waals surface area contributed by atoms with E-state index in [1.165, 1.54) is 17.8 Å². The summed E-state index contributed by atoms with van der Waals surface area (Å²) in [5.74, 6) is 0.933. The van der Waals surface area contributed by atoms with E-state index in [4.69, 9.17) is 0 Å². The maximum atomic E-state index is 4.60. The molecule has 1 saturated heterocycles. The van der Waals surface area contributed by atoms with Crippen LogP contribution in [0.5, 0.6) is 0 Å². The summed E-state index contributed by atoms with van der Waals surface area (Å²) in [7, 11) is 0. The van der Waals surface area contributed by atoms with Crippen LogP contribution in [0.15, 0.2) is 23.8 Å². The number of likely N-dealkylation sites (tertiary alicyclic amines) is 1. The van der Waals surface area contributed by atoms with Crippen LogP contribution in [0.2, 0.25) is 0 Å². The first kappa shape index (κ1) is 12.7. The van der Waals surface area contributed by atoms with Gasteiger partial charge in [-0.3, -0.25) is 4.90 Å². The second kappa shape index (κ2) is 5.75. The summed E-state index contributed by atoms with van der Waals surface area (Å²) in [6, 6.07) is 2.50. The highest BCUT2D eigenvalue weighted by Crippen LogP contribution is 2.33. The van der Waals surface area contributed by atoms with Crippen molar-refractivity contribution < 1.29 is 0 Å². The van der Waals surface area contributed by atoms with Crippen molar-refractivity contribution in [3.8, 4) is 0 Å². The molecule has 4 nitrogen and oxygen atoms in total. The zero-order chi connectivity index (χ0) is 13.1. The highest BCUT2D eigenvalue weighted by molar-refractivity contribution is 7.09. The molecule has 5 heteroatoms. The lowest BCUT2D eigenvalue weighted by molar-refractivity contribution is 0.245. The van der Waals surface area contributed by atoms with Crippen LogP contribution in [-0.4, -0.2) is 26.4 Å². The van der Waals surface area contributed by atoms with Crippen molar-refractivity contribution in [2.24, 2.45) is 0 Å². The first-order chi connectivity index (χ1) is 9.36. The van der Waals surface area contributed by atoms with Gasteiger partial charge < -0.3 is 0 Å². The van der Waals surface area contributed by atoms with Gasteiger partial charge in [-0.2, -0.15) is 0 Å². The molecule has 0 amide bonds. The number of rotatable bonds is 4. The monoisotopic (exact) mass is 274 g/mol. The lowest BCUT2D eigenvalue weighted by Crippen LogP contribution is -2.23. The molecule has 0 aliphatic carbocycles. The lowest BCUT2D eigenvalue weighted by Gasteiger charge is -2.22. The van der Waals surface area contributed by atoms with Gasteiger partial charge in [0.15, 0.2) is 0 Å². The lowest BCUT2D eigenvalue weighted by atomic mass is 10.2. The Kier molecular flexibility index (Phi) is 3.84. The van der Waals surface area contributed by atoms with E-state index in [1.807, 2.05) is 18.5 Å². The van der Waals surface area contributed by atoms with Gasteiger partial charge in [-0.25, -0.2) is 15.0 Å². The Balaban J connectivity index is 1.74. The van der Waals surface area contributed by atoms with Crippen molar-refractivity contribution in [3.63, 3.8) is 0 Å². The average molecular weight is 274 g/mol. The fourth-order valence-corrected chi connectivity index (χ4v) is 3.41. The van der Waals surface area contributed by atoms with Gasteiger partial charge in [0.1, 0.15) is 10.8 Å². The predicted molar refractivity (Wildman–Crippen MR) is 75.9 cm³/mol. The molecule has 0 spiro atoms. The molecule has 1 atom stereocenters. The Morgan fingerprint density at radius 1 is 1.37 bits per heavy atom. The molecule has 100 valence electrons. The minimum atomic E-state index is 0.472. The number of thiazole rings is 1. The maximum Gasteiger partial charge on any atom is 0.128 e. The van der Waals surface area contributed by atoms with Gasteiger partial charge in [0, 0.05) is 30.7 Å². The first-order valence-electron chi connectivity index (χ1n) is 6.81. The van der Waals surface area contributed by atoms with E-state index in [2.05, 4.69) is 32.2 Å². The Labute approximate surface area is 117 Å². The Bertz CT molecular complexity index is 526. The van der Waals surface area contributed by atoms with Crippen molar-refractivity contribution in [1.29, 1.82) is 0 Å². The molecule has 1 aliphatic heterocycles. The molecule has 0 unspecified atom stereocenters. The number of hydrogen-bond acceptors (Lipinski definition) is 5. The summed E-state index contributed by atoms with van der Waals surface area (Å²) in [6.45, 7) is 4.13. The third-order valence-electron chi connectivity index (χ3n) is 3.54. The molecule has 0 N–H and O–H groups in total. The van der Waals surface area contributed by atoms with Crippen molar-refractivity contribution >= 4 is 11.3 Å². The Hall–Kier alpha value is -1.33. The molecule has 0 bridgehead atoms. The van der Waals surface area contributed by atoms with E-state index >= 15 is 0 Å². The van der Waals surface area contributed by atoms with Crippen LogP contribution in [0.3, 0.4) is 0 Å². The number of hydrogen-bond donors (Lipinski definition) is 0. The molecule has 19 heavy (non-hydrogen) atoms. The third-order valence-corrected chi connectivity index (χ3v) is 4.42. The van der Waals surface area contributed by atoms with Gasteiger partial charge in [-0.15, -0.1) is 11.3 Å². The number of aryl methyl sites for hydroxylation is 1. The van der Waals surface area contributed by atoms with E-state index < -0.39 is 0 Å². The minimum Gasteiger partial charge on any atom is -0.288 e. The van der Waals surface area contributed by atoms with Crippen LogP contribution in [0.4, 0.5) is 0 Å². The van der Waals surface area contributed by atoms with E-state index in [0.717, 1.165) is 31.0 Å². The van der Waals surface area contributed by atoms with Gasteiger partial charge in [0.05, 0.1) is 11.7 Å². The van der Waals surface area contributed by atoms with Crippen molar-refractivity contribution in [3.05, 3.63) is 40.4 Å². The van der Waals surface area contributed by atoms with E-state index in [9.17, 15) is 0 Å². The quantitative estimate of drug-likeness (QED) is 0.859. The van der Waals surface area contributed by atoms with Crippen LogP contribution in [0, 0.1) is 0 Å². The fourth-order valence-electron chi connectivity index (χ4n) is 2.60. The third kappa shape index (κ3) is 2.82. The van der Waals surface area contributed by atoms with E-state index in [-0.39, 0.29) is 0 Å². The smallest absolute Gasteiger partial charge is 0.128 e.